The maximum Gasteiger partial charge on any atom is 0.451 e. The third kappa shape index (κ3) is 1.71. The minimum Gasteiger partial charge on any atom is -0.367 e. The molecule has 2 saturated heterocycles. The first-order chi connectivity index (χ1) is 8.00. The Morgan fingerprint density at radius 2 is 1.76 bits per heavy atom. The van der Waals surface area contributed by atoms with Gasteiger partial charge in [-0.05, 0) is 25.7 Å². The van der Waals surface area contributed by atoms with E-state index < -0.39 is 17.6 Å². The number of alkyl halides is 3. The first-order valence-electron chi connectivity index (χ1n) is 5.57. The van der Waals surface area contributed by atoms with E-state index in [1.54, 1.807) is 0 Å². The van der Waals surface area contributed by atoms with Crippen LogP contribution in [0.2, 0.25) is 0 Å². The molecule has 3 heterocycles. The van der Waals surface area contributed by atoms with Crippen LogP contribution in [0.15, 0.2) is 12.4 Å². The zero-order chi connectivity index (χ0) is 12.1. The molecule has 0 unspecified atom stereocenters. The first-order valence-corrected chi connectivity index (χ1v) is 5.57. The van der Waals surface area contributed by atoms with Gasteiger partial charge in [-0.15, -0.1) is 0 Å². The van der Waals surface area contributed by atoms with E-state index in [9.17, 15) is 13.2 Å². The Morgan fingerprint density at radius 1 is 1.18 bits per heavy atom. The second kappa shape index (κ2) is 3.41. The lowest BCUT2D eigenvalue weighted by molar-refractivity contribution is -0.145. The van der Waals surface area contributed by atoms with Crippen molar-refractivity contribution >= 4 is 0 Å². The van der Waals surface area contributed by atoms with E-state index in [2.05, 4.69) is 9.97 Å². The third-order valence-electron chi connectivity index (χ3n) is 3.56. The van der Waals surface area contributed by atoms with Gasteiger partial charge in [0.1, 0.15) is 0 Å². The molecule has 1 aromatic heterocycles. The van der Waals surface area contributed by atoms with Gasteiger partial charge < -0.3 is 4.74 Å². The average Bonchev–Trinajstić information content (AvgIpc) is 2.89. The Balaban J connectivity index is 1.90. The highest BCUT2D eigenvalue weighted by Gasteiger charge is 2.48. The van der Waals surface area contributed by atoms with Crippen molar-refractivity contribution in [2.75, 3.05) is 0 Å². The van der Waals surface area contributed by atoms with Crippen LogP contribution < -0.4 is 0 Å². The molecule has 3 nitrogen and oxygen atoms in total. The van der Waals surface area contributed by atoms with Crippen LogP contribution in [0.4, 0.5) is 13.2 Å². The molecule has 0 aromatic carbocycles. The molecule has 0 radical (unpaired) electrons. The standard InChI is InChI=1S/C11H11F3N2O/c12-11(13,14)9-15-5-7(6-16-9)10-3-1-8(17-10)2-4-10/h5-6,8H,1-4H2. The van der Waals surface area contributed by atoms with E-state index in [-0.39, 0.29) is 6.10 Å². The van der Waals surface area contributed by atoms with Gasteiger partial charge in [-0.25, -0.2) is 9.97 Å². The van der Waals surface area contributed by atoms with Crippen LogP contribution in [0, 0.1) is 0 Å². The van der Waals surface area contributed by atoms with Crippen molar-refractivity contribution in [2.24, 2.45) is 0 Å². The van der Waals surface area contributed by atoms with Crippen molar-refractivity contribution in [2.45, 2.75) is 43.6 Å². The van der Waals surface area contributed by atoms with E-state index in [4.69, 9.17) is 4.74 Å². The summed E-state index contributed by atoms with van der Waals surface area (Å²) in [7, 11) is 0. The summed E-state index contributed by atoms with van der Waals surface area (Å²) in [6.45, 7) is 0. The van der Waals surface area contributed by atoms with Crippen LogP contribution >= 0.6 is 0 Å². The summed E-state index contributed by atoms with van der Waals surface area (Å²) in [4.78, 5) is 6.78. The molecule has 0 atom stereocenters. The average molecular weight is 244 g/mol. The molecule has 2 aliphatic rings. The van der Waals surface area contributed by atoms with Gasteiger partial charge in [0.2, 0.25) is 5.82 Å². The summed E-state index contributed by atoms with van der Waals surface area (Å²) < 4.78 is 42.8. The van der Waals surface area contributed by atoms with Gasteiger partial charge in [0.05, 0.1) is 11.7 Å². The molecule has 0 N–H and O–H groups in total. The number of hydrogen-bond acceptors (Lipinski definition) is 3. The molecular formula is C11H11F3N2O. The number of aromatic nitrogens is 2. The highest BCUT2D eigenvalue weighted by molar-refractivity contribution is 5.20. The minimum atomic E-state index is -4.48. The Bertz CT molecular complexity index is 421. The highest BCUT2D eigenvalue weighted by atomic mass is 19.4. The van der Waals surface area contributed by atoms with Gasteiger partial charge in [-0.2, -0.15) is 13.2 Å². The Kier molecular flexibility index (Phi) is 2.20. The summed E-state index contributed by atoms with van der Waals surface area (Å²) >= 11 is 0. The Morgan fingerprint density at radius 3 is 2.18 bits per heavy atom. The van der Waals surface area contributed by atoms with Gasteiger partial charge in [0.15, 0.2) is 0 Å². The van der Waals surface area contributed by atoms with Crippen LogP contribution in [-0.2, 0) is 16.5 Å². The van der Waals surface area contributed by atoms with Crippen molar-refractivity contribution in [3.63, 3.8) is 0 Å². The second-order valence-corrected chi connectivity index (χ2v) is 4.60. The molecule has 92 valence electrons. The number of rotatable bonds is 1. The van der Waals surface area contributed by atoms with E-state index in [0.717, 1.165) is 25.7 Å². The van der Waals surface area contributed by atoms with E-state index >= 15 is 0 Å². The summed E-state index contributed by atoms with van der Waals surface area (Å²) in [5.41, 5.74) is 0.250. The molecule has 17 heavy (non-hydrogen) atoms. The van der Waals surface area contributed by atoms with Gasteiger partial charge in [-0.3, -0.25) is 0 Å². The van der Waals surface area contributed by atoms with E-state index in [1.165, 1.54) is 12.4 Å². The van der Waals surface area contributed by atoms with E-state index in [0.29, 0.717) is 5.56 Å². The van der Waals surface area contributed by atoms with Crippen LogP contribution in [0.3, 0.4) is 0 Å². The Labute approximate surface area is 96.0 Å². The molecule has 0 aliphatic carbocycles. The van der Waals surface area contributed by atoms with Crippen LogP contribution in [0.25, 0.3) is 0 Å². The molecule has 2 bridgehead atoms. The lowest BCUT2D eigenvalue weighted by Crippen LogP contribution is -2.23. The number of ether oxygens (including phenoxy) is 1. The van der Waals surface area contributed by atoms with Crippen molar-refractivity contribution in [1.29, 1.82) is 0 Å². The number of halogens is 3. The largest absolute Gasteiger partial charge is 0.451 e. The van der Waals surface area contributed by atoms with Gasteiger partial charge in [0, 0.05) is 18.0 Å². The van der Waals surface area contributed by atoms with E-state index in [1.807, 2.05) is 0 Å². The van der Waals surface area contributed by atoms with Gasteiger partial charge >= 0.3 is 6.18 Å². The number of hydrogen-bond donors (Lipinski definition) is 0. The van der Waals surface area contributed by atoms with Gasteiger partial charge in [0.25, 0.3) is 0 Å². The number of fused-ring (bicyclic) bond motifs is 2. The molecule has 1 aromatic rings. The van der Waals surface area contributed by atoms with Crippen LogP contribution in [-0.4, -0.2) is 16.1 Å². The Hall–Kier alpha value is -1.17. The van der Waals surface area contributed by atoms with Crippen molar-refractivity contribution in [3.05, 3.63) is 23.8 Å². The molecular weight excluding hydrogens is 233 g/mol. The van der Waals surface area contributed by atoms with Crippen molar-refractivity contribution < 1.29 is 17.9 Å². The lowest BCUT2D eigenvalue weighted by atomic mass is 9.84. The summed E-state index contributed by atoms with van der Waals surface area (Å²) in [5.74, 6) is -1.09. The predicted molar refractivity (Wildman–Crippen MR) is 52.1 cm³/mol. The minimum absolute atomic E-state index is 0.261. The third-order valence-corrected chi connectivity index (χ3v) is 3.56. The maximum atomic E-state index is 12.3. The quantitative estimate of drug-likeness (QED) is 0.761. The zero-order valence-electron chi connectivity index (χ0n) is 9.00. The first kappa shape index (κ1) is 11.0. The fraction of sp³-hybridized carbons (Fsp3) is 0.636. The summed E-state index contributed by atoms with van der Waals surface area (Å²) in [5, 5.41) is 0. The molecule has 0 amide bonds. The molecule has 2 fully saturated rings. The zero-order valence-corrected chi connectivity index (χ0v) is 9.00. The summed E-state index contributed by atoms with van der Waals surface area (Å²) in [6, 6.07) is 0. The molecule has 0 saturated carbocycles. The maximum absolute atomic E-state index is 12.3. The van der Waals surface area contributed by atoms with Crippen LogP contribution in [0.5, 0.6) is 0 Å². The summed E-state index contributed by atoms with van der Waals surface area (Å²) in [6.07, 6.45) is 1.94. The monoisotopic (exact) mass is 244 g/mol. The normalized spacial score (nSPS) is 32.1. The molecule has 2 aliphatic heterocycles. The van der Waals surface area contributed by atoms with Crippen LogP contribution in [0.1, 0.15) is 37.1 Å². The molecule has 3 rings (SSSR count). The fourth-order valence-corrected chi connectivity index (χ4v) is 2.68. The second-order valence-electron chi connectivity index (χ2n) is 4.60. The topological polar surface area (TPSA) is 35.0 Å². The van der Waals surface area contributed by atoms with Gasteiger partial charge in [-0.1, -0.05) is 0 Å². The smallest absolute Gasteiger partial charge is 0.367 e. The lowest BCUT2D eigenvalue weighted by Gasteiger charge is -2.24. The van der Waals surface area contributed by atoms with Crippen molar-refractivity contribution in [1.82, 2.24) is 9.97 Å². The SMILES string of the molecule is FC(F)(F)c1ncc(C23CCC(CC2)O3)cn1. The van der Waals surface area contributed by atoms with Crippen molar-refractivity contribution in [3.8, 4) is 0 Å². The fourth-order valence-electron chi connectivity index (χ4n) is 2.68. The predicted octanol–water partition coefficient (Wildman–Crippen LogP) is 2.66. The highest BCUT2D eigenvalue weighted by Crippen LogP contribution is 2.50. The molecule has 6 heteroatoms. The number of nitrogens with zero attached hydrogens (tertiary/aromatic N) is 2. The molecule has 0 spiro atoms.